The molecule has 0 aromatic rings. The lowest BCUT2D eigenvalue weighted by Gasteiger charge is -2.33. The molecule has 112 valence electrons. The predicted octanol–water partition coefficient (Wildman–Crippen LogP) is 2.49. The van der Waals surface area contributed by atoms with E-state index < -0.39 is 30.0 Å². The average molecular weight is 281 g/mol. The van der Waals surface area contributed by atoms with Crippen LogP contribution in [0.15, 0.2) is 0 Å². The first-order valence-electron chi connectivity index (χ1n) is 6.75. The molecule has 0 saturated heterocycles. The fraction of sp³-hybridized carbons (Fsp3) is 0.923. The molecule has 0 radical (unpaired) electrons. The van der Waals surface area contributed by atoms with Gasteiger partial charge in [-0.05, 0) is 18.8 Å². The highest BCUT2D eigenvalue weighted by Crippen LogP contribution is 2.41. The summed E-state index contributed by atoms with van der Waals surface area (Å²) in [5, 5.41) is 11.7. The van der Waals surface area contributed by atoms with Gasteiger partial charge in [-0.25, -0.2) is 0 Å². The van der Waals surface area contributed by atoms with Crippen molar-refractivity contribution in [2.75, 3.05) is 6.61 Å². The lowest BCUT2D eigenvalue weighted by atomic mass is 9.78. The van der Waals surface area contributed by atoms with Crippen molar-refractivity contribution in [2.45, 2.75) is 51.7 Å². The minimum atomic E-state index is -4.32. The van der Waals surface area contributed by atoms with Gasteiger partial charge < -0.3 is 10.4 Å². The molecular formula is C13H22F3NO2. The fourth-order valence-corrected chi connectivity index (χ4v) is 2.55. The second kappa shape index (κ2) is 6.59. The van der Waals surface area contributed by atoms with Crippen molar-refractivity contribution in [2.24, 2.45) is 17.8 Å². The average Bonchev–Trinajstić information content (AvgIpc) is 2.34. The molecule has 3 atom stereocenters. The predicted molar refractivity (Wildman–Crippen MR) is 65.4 cm³/mol. The number of nitrogens with one attached hydrogen (secondary N) is 1. The molecule has 1 saturated carbocycles. The van der Waals surface area contributed by atoms with E-state index in [1.54, 1.807) is 0 Å². The Morgan fingerprint density at radius 2 is 1.89 bits per heavy atom. The molecule has 0 bridgehead atoms. The SMILES string of the molecule is CC(C)C(CO)NC(=O)C1CCCCC1C(F)(F)F. The molecule has 1 aliphatic carbocycles. The van der Waals surface area contributed by atoms with E-state index >= 15 is 0 Å². The monoisotopic (exact) mass is 281 g/mol. The number of carbonyl (C=O) groups excluding carboxylic acids is 1. The maximum atomic E-state index is 12.9. The number of aliphatic hydroxyl groups excluding tert-OH is 1. The Kier molecular flexibility index (Phi) is 5.64. The van der Waals surface area contributed by atoms with Gasteiger partial charge in [-0.2, -0.15) is 13.2 Å². The summed E-state index contributed by atoms with van der Waals surface area (Å²) in [7, 11) is 0. The lowest BCUT2D eigenvalue weighted by molar-refractivity contribution is -0.198. The van der Waals surface area contributed by atoms with Crippen molar-refractivity contribution in [1.29, 1.82) is 0 Å². The summed E-state index contributed by atoms with van der Waals surface area (Å²) in [6, 6.07) is -0.483. The Bertz CT molecular complexity index is 305. The molecule has 0 spiro atoms. The van der Waals surface area contributed by atoms with E-state index in [1.807, 2.05) is 13.8 Å². The number of rotatable bonds is 4. The second-order valence-corrected chi connectivity index (χ2v) is 5.58. The molecule has 1 amide bonds. The van der Waals surface area contributed by atoms with Crippen molar-refractivity contribution >= 4 is 5.91 Å². The van der Waals surface area contributed by atoms with Crippen molar-refractivity contribution in [1.82, 2.24) is 5.32 Å². The number of hydrogen-bond donors (Lipinski definition) is 2. The molecule has 0 heterocycles. The molecule has 1 fully saturated rings. The number of hydrogen-bond acceptors (Lipinski definition) is 2. The number of halogens is 3. The van der Waals surface area contributed by atoms with Gasteiger partial charge >= 0.3 is 6.18 Å². The van der Waals surface area contributed by atoms with Crippen LogP contribution in [0.2, 0.25) is 0 Å². The lowest BCUT2D eigenvalue weighted by Crippen LogP contribution is -2.48. The van der Waals surface area contributed by atoms with Gasteiger partial charge in [0.2, 0.25) is 5.91 Å². The van der Waals surface area contributed by atoms with Gasteiger partial charge in [-0.15, -0.1) is 0 Å². The van der Waals surface area contributed by atoms with E-state index in [1.165, 1.54) is 0 Å². The third-order valence-electron chi connectivity index (χ3n) is 3.85. The van der Waals surface area contributed by atoms with Crippen LogP contribution in [0.1, 0.15) is 39.5 Å². The summed E-state index contributed by atoms with van der Waals surface area (Å²) in [4.78, 5) is 12.0. The number of carbonyl (C=O) groups is 1. The van der Waals surface area contributed by atoms with Crippen LogP contribution in [-0.2, 0) is 4.79 Å². The molecule has 3 unspecified atom stereocenters. The summed E-state index contributed by atoms with van der Waals surface area (Å²) in [5.74, 6) is -3.15. The number of alkyl halides is 3. The molecule has 3 nitrogen and oxygen atoms in total. The third-order valence-corrected chi connectivity index (χ3v) is 3.85. The normalized spacial score (nSPS) is 26.3. The molecular weight excluding hydrogens is 259 g/mol. The number of amides is 1. The third kappa shape index (κ3) is 4.37. The molecule has 0 aromatic carbocycles. The molecule has 6 heteroatoms. The van der Waals surface area contributed by atoms with Crippen molar-refractivity contribution in [3.63, 3.8) is 0 Å². The molecule has 0 aliphatic heterocycles. The van der Waals surface area contributed by atoms with E-state index in [0.29, 0.717) is 12.8 Å². The fourth-order valence-electron chi connectivity index (χ4n) is 2.55. The van der Waals surface area contributed by atoms with Gasteiger partial charge in [0, 0.05) is 5.92 Å². The maximum absolute atomic E-state index is 12.9. The maximum Gasteiger partial charge on any atom is 0.392 e. The van der Waals surface area contributed by atoms with Gasteiger partial charge in [0.1, 0.15) is 0 Å². The summed E-state index contributed by atoms with van der Waals surface area (Å²) < 4.78 is 38.7. The highest BCUT2D eigenvalue weighted by Gasteiger charge is 2.48. The standard InChI is InChI=1S/C13H22F3NO2/c1-8(2)11(7-18)17-12(19)9-5-3-4-6-10(9)13(14,15)16/h8-11,18H,3-7H2,1-2H3,(H,17,19). The van der Waals surface area contributed by atoms with E-state index in [2.05, 4.69) is 5.32 Å². The Balaban J connectivity index is 2.72. The van der Waals surface area contributed by atoms with Crippen LogP contribution < -0.4 is 5.32 Å². The highest BCUT2D eigenvalue weighted by atomic mass is 19.4. The first-order valence-corrected chi connectivity index (χ1v) is 6.75. The zero-order valence-electron chi connectivity index (χ0n) is 11.3. The zero-order valence-corrected chi connectivity index (χ0v) is 11.3. The minimum absolute atomic E-state index is 0.0122. The van der Waals surface area contributed by atoms with Crippen LogP contribution in [-0.4, -0.2) is 29.8 Å². The second-order valence-electron chi connectivity index (χ2n) is 5.58. The van der Waals surface area contributed by atoms with Crippen LogP contribution >= 0.6 is 0 Å². The first-order chi connectivity index (χ1) is 8.77. The van der Waals surface area contributed by atoms with E-state index in [4.69, 9.17) is 5.11 Å². The largest absolute Gasteiger partial charge is 0.394 e. The van der Waals surface area contributed by atoms with Crippen LogP contribution in [0.3, 0.4) is 0 Å². The Morgan fingerprint density at radius 1 is 1.32 bits per heavy atom. The van der Waals surface area contributed by atoms with Crippen LogP contribution in [0, 0.1) is 17.8 Å². The quantitative estimate of drug-likeness (QED) is 0.831. The van der Waals surface area contributed by atoms with Crippen LogP contribution in [0.5, 0.6) is 0 Å². The van der Waals surface area contributed by atoms with E-state index in [0.717, 1.165) is 0 Å². The summed E-state index contributed by atoms with van der Waals surface area (Å²) >= 11 is 0. The van der Waals surface area contributed by atoms with Crippen molar-refractivity contribution in [3.8, 4) is 0 Å². The van der Waals surface area contributed by atoms with Gasteiger partial charge in [-0.3, -0.25) is 4.79 Å². The van der Waals surface area contributed by atoms with Crippen LogP contribution in [0.4, 0.5) is 13.2 Å². The zero-order chi connectivity index (χ0) is 14.6. The van der Waals surface area contributed by atoms with Gasteiger partial charge in [-0.1, -0.05) is 26.7 Å². The molecule has 0 aromatic heterocycles. The summed E-state index contributed by atoms with van der Waals surface area (Å²) in [6.45, 7) is 3.36. The highest BCUT2D eigenvalue weighted by molar-refractivity contribution is 5.79. The topological polar surface area (TPSA) is 49.3 Å². The Labute approximate surface area is 111 Å². The molecule has 2 N–H and O–H groups in total. The molecule has 1 aliphatic rings. The molecule has 19 heavy (non-hydrogen) atoms. The van der Waals surface area contributed by atoms with Crippen molar-refractivity contribution in [3.05, 3.63) is 0 Å². The summed E-state index contributed by atoms with van der Waals surface area (Å²) in [5.41, 5.74) is 0. The van der Waals surface area contributed by atoms with Crippen LogP contribution in [0.25, 0.3) is 0 Å². The van der Waals surface area contributed by atoms with Gasteiger partial charge in [0.05, 0.1) is 18.6 Å². The van der Waals surface area contributed by atoms with Crippen molar-refractivity contribution < 1.29 is 23.1 Å². The molecule has 1 rings (SSSR count). The summed E-state index contributed by atoms with van der Waals surface area (Å²) in [6.07, 6.45) is -2.87. The smallest absolute Gasteiger partial charge is 0.392 e. The Morgan fingerprint density at radius 3 is 2.37 bits per heavy atom. The first kappa shape index (κ1) is 16.3. The Hall–Kier alpha value is -0.780. The van der Waals surface area contributed by atoms with E-state index in [-0.39, 0.29) is 25.4 Å². The minimum Gasteiger partial charge on any atom is -0.394 e. The van der Waals surface area contributed by atoms with E-state index in [9.17, 15) is 18.0 Å². The van der Waals surface area contributed by atoms with Gasteiger partial charge in [0.15, 0.2) is 0 Å². The number of aliphatic hydroxyl groups is 1. The van der Waals surface area contributed by atoms with Gasteiger partial charge in [0.25, 0.3) is 0 Å².